The van der Waals surface area contributed by atoms with Crippen molar-refractivity contribution in [3.8, 4) is 0 Å². The molecule has 7 nitrogen and oxygen atoms in total. The van der Waals surface area contributed by atoms with Gasteiger partial charge < -0.3 is 9.73 Å². The summed E-state index contributed by atoms with van der Waals surface area (Å²) in [7, 11) is -3.48. The lowest BCUT2D eigenvalue weighted by Gasteiger charge is -2.25. The number of anilines is 1. The van der Waals surface area contributed by atoms with Crippen LogP contribution in [0.2, 0.25) is 0 Å². The molecule has 0 bridgehead atoms. The van der Waals surface area contributed by atoms with Gasteiger partial charge in [-0.2, -0.15) is 4.31 Å². The monoisotopic (exact) mass is 445 g/mol. The van der Waals surface area contributed by atoms with Crippen LogP contribution in [-0.4, -0.2) is 42.0 Å². The lowest BCUT2D eigenvalue weighted by atomic mass is 10.2. The fourth-order valence-corrected chi connectivity index (χ4v) is 5.59. The van der Waals surface area contributed by atoms with Crippen molar-refractivity contribution >= 4 is 44.5 Å². The van der Waals surface area contributed by atoms with Gasteiger partial charge in [-0.05, 0) is 56.2 Å². The SMILES string of the molecule is CC(Sc1nc2ccccc2o1)C(=O)Nc1ccc(S(=O)(=O)N2CCCCC2)cc1. The Balaban J connectivity index is 1.39. The zero-order valence-electron chi connectivity index (χ0n) is 16.6. The van der Waals surface area contributed by atoms with E-state index in [1.807, 2.05) is 24.3 Å². The third-order valence-corrected chi connectivity index (χ3v) is 7.85. The molecular weight excluding hydrogens is 422 g/mol. The highest BCUT2D eigenvalue weighted by atomic mass is 32.2. The molecule has 1 atom stereocenters. The van der Waals surface area contributed by atoms with Crippen LogP contribution in [0.25, 0.3) is 11.1 Å². The fraction of sp³-hybridized carbons (Fsp3) is 0.333. The minimum atomic E-state index is -3.48. The molecule has 3 aromatic rings. The van der Waals surface area contributed by atoms with E-state index >= 15 is 0 Å². The first-order chi connectivity index (χ1) is 14.4. The molecule has 2 heterocycles. The Hall–Kier alpha value is -2.36. The summed E-state index contributed by atoms with van der Waals surface area (Å²) in [5, 5.41) is 2.81. The maximum absolute atomic E-state index is 12.7. The van der Waals surface area contributed by atoms with Crippen LogP contribution in [0, 0.1) is 0 Å². The maximum atomic E-state index is 12.7. The second kappa shape index (κ2) is 8.79. The summed E-state index contributed by atoms with van der Waals surface area (Å²) < 4.78 is 32.6. The summed E-state index contributed by atoms with van der Waals surface area (Å²) in [5.41, 5.74) is 1.97. The molecule has 0 aliphatic carbocycles. The number of amides is 1. The van der Waals surface area contributed by atoms with Crippen LogP contribution in [0.3, 0.4) is 0 Å². The average Bonchev–Trinajstić information content (AvgIpc) is 3.17. The summed E-state index contributed by atoms with van der Waals surface area (Å²) in [6, 6.07) is 13.7. The second-order valence-electron chi connectivity index (χ2n) is 7.19. The lowest BCUT2D eigenvalue weighted by Crippen LogP contribution is -2.35. The molecule has 2 aromatic carbocycles. The number of nitrogens with one attached hydrogen (secondary N) is 1. The molecule has 1 aliphatic heterocycles. The average molecular weight is 446 g/mol. The largest absolute Gasteiger partial charge is 0.431 e. The molecule has 1 unspecified atom stereocenters. The summed E-state index contributed by atoms with van der Waals surface area (Å²) in [6.45, 7) is 2.89. The van der Waals surface area contributed by atoms with Crippen LogP contribution >= 0.6 is 11.8 Å². The first kappa shape index (κ1) is 20.9. The van der Waals surface area contributed by atoms with Gasteiger partial charge >= 0.3 is 0 Å². The number of para-hydroxylation sites is 2. The minimum absolute atomic E-state index is 0.214. The smallest absolute Gasteiger partial charge is 0.257 e. The van der Waals surface area contributed by atoms with Gasteiger partial charge in [-0.15, -0.1) is 0 Å². The predicted octanol–water partition coefficient (Wildman–Crippen LogP) is 4.12. The lowest BCUT2D eigenvalue weighted by molar-refractivity contribution is -0.115. The highest BCUT2D eigenvalue weighted by molar-refractivity contribution is 8.00. The molecule has 9 heteroatoms. The van der Waals surface area contributed by atoms with Gasteiger partial charge in [0.05, 0.1) is 10.1 Å². The summed E-state index contributed by atoms with van der Waals surface area (Å²) >= 11 is 1.23. The Labute approximate surface area is 179 Å². The quantitative estimate of drug-likeness (QED) is 0.574. The molecule has 158 valence electrons. The number of oxazole rings is 1. The molecule has 0 spiro atoms. The number of carbonyl (C=O) groups is 1. The highest BCUT2D eigenvalue weighted by Crippen LogP contribution is 2.27. The number of rotatable bonds is 6. The number of sulfonamides is 1. The van der Waals surface area contributed by atoms with Crippen LogP contribution in [0.5, 0.6) is 0 Å². The predicted molar refractivity (Wildman–Crippen MR) is 117 cm³/mol. The molecular formula is C21H23N3O4S2. The first-order valence-electron chi connectivity index (χ1n) is 9.87. The first-order valence-corrected chi connectivity index (χ1v) is 12.2. The molecule has 0 saturated carbocycles. The van der Waals surface area contributed by atoms with E-state index in [0.29, 0.717) is 29.6 Å². The number of benzene rings is 2. The van der Waals surface area contributed by atoms with Gasteiger partial charge in [0.25, 0.3) is 5.22 Å². The third kappa shape index (κ3) is 4.53. The minimum Gasteiger partial charge on any atom is -0.431 e. The maximum Gasteiger partial charge on any atom is 0.257 e. The fourth-order valence-electron chi connectivity index (χ4n) is 3.31. The molecule has 1 amide bonds. The molecule has 1 fully saturated rings. The number of nitrogens with zero attached hydrogens (tertiary/aromatic N) is 2. The van der Waals surface area contributed by atoms with Crippen molar-refractivity contribution < 1.29 is 17.6 Å². The van der Waals surface area contributed by atoms with Crippen LogP contribution in [-0.2, 0) is 14.8 Å². The van der Waals surface area contributed by atoms with Gasteiger partial charge in [-0.25, -0.2) is 13.4 Å². The van der Waals surface area contributed by atoms with Crippen molar-refractivity contribution in [2.45, 2.75) is 41.6 Å². The summed E-state index contributed by atoms with van der Waals surface area (Å²) in [5.74, 6) is -0.214. The Morgan fingerprint density at radius 3 is 2.50 bits per heavy atom. The molecule has 1 N–H and O–H groups in total. The van der Waals surface area contributed by atoms with E-state index in [0.717, 1.165) is 24.8 Å². The number of hydrogen-bond donors (Lipinski definition) is 1. The van der Waals surface area contributed by atoms with Gasteiger partial charge in [0.15, 0.2) is 5.58 Å². The van der Waals surface area contributed by atoms with Crippen molar-refractivity contribution in [3.05, 3.63) is 48.5 Å². The molecule has 0 radical (unpaired) electrons. The number of carbonyl (C=O) groups excluding carboxylic acids is 1. The Bertz CT molecular complexity index is 1100. The van der Waals surface area contributed by atoms with Gasteiger partial charge in [0.1, 0.15) is 5.52 Å². The zero-order valence-corrected chi connectivity index (χ0v) is 18.2. The van der Waals surface area contributed by atoms with E-state index in [-0.39, 0.29) is 10.8 Å². The third-order valence-electron chi connectivity index (χ3n) is 5.00. The van der Waals surface area contributed by atoms with Crippen molar-refractivity contribution in [3.63, 3.8) is 0 Å². The number of thioether (sulfide) groups is 1. The van der Waals surface area contributed by atoms with E-state index in [1.165, 1.54) is 28.2 Å². The molecule has 1 saturated heterocycles. The van der Waals surface area contributed by atoms with Gasteiger partial charge in [0.2, 0.25) is 15.9 Å². The number of aromatic nitrogens is 1. The Kier molecular flexibility index (Phi) is 6.12. The normalized spacial score (nSPS) is 16.4. The van der Waals surface area contributed by atoms with Crippen LogP contribution in [0.4, 0.5) is 5.69 Å². The summed E-state index contributed by atoms with van der Waals surface area (Å²) in [4.78, 5) is 17.1. The van der Waals surface area contributed by atoms with Gasteiger partial charge in [-0.3, -0.25) is 4.79 Å². The molecule has 1 aromatic heterocycles. The van der Waals surface area contributed by atoms with E-state index in [2.05, 4.69) is 10.3 Å². The number of fused-ring (bicyclic) bond motifs is 1. The standard InChI is InChI=1S/C21H23N3O4S2/c1-15(29-21-23-18-7-3-4-8-19(18)28-21)20(25)22-16-9-11-17(12-10-16)30(26,27)24-13-5-2-6-14-24/h3-4,7-12,15H,2,5-6,13-14H2,1H3,(H,22,25). The van der Waals surface area contributed by atoms with Crippen LogP contribution < -0.4 is 5.32 Å². The van der Waals surface area contributed by atoms with Crippen molar-refractivity contribution in [1.82, 2.24) is 9.29 Å². The Morgan fingerprint density at radius 1 is 1.10 bits per heavy atom. The van der Waals surface area contributed by atoms with Crippen molar-refractivity contribution in [2.75, 3.05) is 18.4 Å². The van der Waals surface area contributed by atoms with E-state index < -0.39 is 15.3 Å². The topological polar surface area (TPSA) is 92.5 Å². The van der Waals surface area contributed by atoms with Gasteiger partial charge in [0, 0.05) is 18.8 Å². The number of hydrogen-bond acceptors (Lipinski definition) is 6. The molecule has 30 heavy (non-hydrogen) atoms. The van der Waals surface area contributed by atoms with Crippen molar-refractivity contribution in [2.24, 2.45) is 0 Å². The molecule has 4 rings (SSSR count). The molecule has 1 aliphatic rings. The summed E-state index contributed by atoms with van der Waals surface area (Å²) in [6.07, 6.45) is 2.85. The zero-order chi connectivity index (χ0) is 21.1. The van der Waals surface area contributed by atoms with E-state index in [4.69, 9.17) is 4.42 Å². The second-order valence-corrected chi connectivity index (χ2v) is 10.4. The van der Waals surface area contributed by atoms with Crippen LogP contribution in [0.1, 0.15) is 26.2 Å². The van der Waals surface area contributed by atoms with Crippen LogP contribution in [0.15, 0.2) is 63.1 Å². The van der Waals surface area contributed by atoms with Gasteiger partial charge in [-0.1, -0.05) is 30.3 Å². The van der Waals surface area contributed by atoms with E-state index in [9.17, 15) is 13.2 Å². The number of piperidine rings is 1. The van der Waals surface area contributed by atoms with Crippen molar-refractivity contribution in [1.29, 1.82) is 0 Å². The van der Waals surface area contributed by atoms with E-state index in [1.54, 1.807) is 19.1 Å². The Morgan fingerprint density at radius 2 is 1.80 bits per heavy atom. The highest BCUT2D eigenvalue weighted by Gasteiger charge is 2.26.